The summed E-state index contributed by atoms with van der Waals surface area (Å²) in [6.45, 7) is 1.63. The second-order valence-corrected chi connectivity index (χ2v) is 3.99. The minimum Gasteiger partial charge on any atom is -0.465 e. The highest BCUT2D eigenvalue weighted by Crippen LogP contribution is 2.27. The molecular weight excluding hydrogens is 252 g/mol. The van der Waals surface area contributed by atoms with Crippen molar-refractivity contribution in [1.82, 2.24) is 4.98 Å². The highest BCUT2D eigenvalue weighted by molar-refractivity contribution is 5.91. The molecule has 0 saturated carbocycles. The minimum absolute atomic E-state index is 0.0880. The van der Waals surface area contributed by atoms with Crippen molar-refractivity contribution in [2.75, 3.05) is 7.11 Å². The summed E-state index contributed by atoms with van der Waals surface area (Å²) in [5.74, 6) is -1.93. The van der Waals surface area contributed by atoms with E-state index >= 15 is 0 Å². The van der Waals surface area contributed by atoms with Gasteiger partial charge in [-0.05, 0) is 30.7 Å². The Bertz CT molecular complexity index is 641. The van der Waals surface area contributed by atoms with E-state index in [1.807, 2.05) is 0 Å². The second-order valence-electron chi connectivity index (χ2n) is 3.99. The average Bonchev–Trinajstić information content (AvgIpc) is 2.41. The van der Waals surface area contributed by atoms with Crippen LogP contribution in [0.4, 0.5) is 8.78 Å². The van der Waals surface area contributed by atoms with Crippen LogP contribution in [0.15, 0.2) is 30.6 Å². The predicted octanol–water partition coefficient (Wildman–Crippen LogP) is 3.12. The van der Waals surface area contributed by atoms with Crippen LogP contribution in [0.1, 0.15) is 15.9 Å². The number of ether oxygens (including phenoxy) is 1. The topological polar surface area (TPSA) is 39.2 Å². The molecule has 3 nitrogen and oxygen atoms in total. The Morgan fingerprint density at radius 2 is 1.95 bits per heavy atom. The predicted molar refractivity (Wildman–Crippen MR) is 65.7 cm³/mol. The summed E-state index contributed by atoms with van der Waals surface area (Å²) in [6.07, 6.45) is 2.39. The number of hydrogen-bond donors (Lipinski definition) is 0. The number of hydrogen-bond acceptors (Lipinski definition) is 3. The van der Waals surface area contributed by atoms with Crippen LogP contribution in [-0.4, -0.2) is 18.1 Å². The summed E-state index contributed by atoms with van der Waals surface area (Å²) < 4.78 is 32.1. The van der Waals surface area contributed by atoms with E-state index in [9.17, 15) is 13.6 Å². The lowest BCUT2D eigenvalue weighted by atomic mass is 9.99. The molecule has 2 rings (SSSR count). The number of esters is 1. The maximum atomic E-state index is 14.0. The molecule has 0 radical (unpaired) electrons. The van der Waals surface area contributed by atoms with E-state index in [4.69, 9.17) is 0 Å². The maximum Gasteiger partial charge on any atom is 0.338 e. The molecule has 2 aromatic rings. The number of methoxy groups -OCH3 is 1. The van der Waals surface area contributed by atoms with E-state index in [1.54, 1.807) is 6.92 Å². The maximum absolute atomic E-state index is 14.0. The highest BCUT2D eigenvalue weighted by Gasteiger charge is 2.16. The molecule has 19 heavy (non-hydrogen) atoms. The molecule has 0 aliphatic rings. The van der Waals surface area contributed by atoms with Gasteiger partial charge >= 0.3 is 5.97 Å². The third-order valence-corrected chi connectivity index (χ3v) is 2.78. The number of carbonyl (C=O) groups excluding carboxylic acids is 1. The Labute approximate surface area is 108 Å². The zero-order chi connectivity index (χ0) is 14.0. The van der Waals surface area contributed by atoms with Crippen molar-refractivity contribution >= 4 is 5.97 Å². The van der Waals surface area contributed by atoms with Gasteiger partial charge in [-0.3, -0.25) is 4.98 Å². The molecule has 0 unspecified atom stereocenters. The molecule has 1 aromatic carbocycles. The van der Waals surface area contributed by atoms with E-state index in [-0.39, 0.29) is 16.7 Å². The molecule has 0 amide bonds. The lowest BCUT2D eigenvalue weighted by Crippen LogP contribution is -2.05. The number of aromatic nitrogens is 1. The van der Waals surface area contributed by atoms with Crippen LogP contribution in [0.3, 0.4) is 0 Å². The molecule has 0 atom stereocenters. The Hall–Kier alpha value is -2.30. The van der Waals surface area contributed by atoms with Crippen molar-refractivity contribution in [3.63, 3.8) is 0 Å². The van der Waals surface area contributed by atoms with E-state index < -0.39 is 17.6 Å². The van der Waals surface area contributed by atoms with Crippen molar-refractivity contribution in [2.24, 2.45) is 0 Å². The minimum atomic E-state index is -0.684. The normalized spacial score (nSPS) is 10.3. The smallest absolute Gasteiger partial charge is 0.338 e. The van der Waals surface area contributed by atoms with E-state index in [1.165, 1.54) is 25.4 Å². The zero-order valence-electron chi connectivity index (χ0n) is 10.4. The van der Waals surface area contributed by atoms with Crippen molar-refractivity contribution in [3.8, 4) is 11.1 Å². The molecule has 0 N–H and O–H groups in total. The third kappa shape index (κ3) is 2.45. The quantitative estimate of drug-likeness (QED) is 0.781. The first-order valence-corrected chi connectivity index (χ1v) is 5.53. The van der Waals surface area contributed by atoms with E-state index in [0.29, 0.717) is 5.56 Å². The van der Waals surface area contributed by atoms with Crippen molar-refractivity contribution in [2.45, 2.75) is 6.92 Å². The molecule has 98 valence electrons. The molecule has 0 aliphatic heterocycles. The number of pyridine rings is 1. The first kappa shape index (κ1) is 13.1. The number of aryl methyl sites for hydroxylation is 1. The third-order valence-electron chi connectivity index (χ3n) is 2.78. The Morgan fingerprint density at radius 3 is 2.58 bits per heavy atom. The Balaban J connectivity index is 2.59. The monoisotopic (exact) mass is 263 g/mol. The lowest BCUT2D eigenvalue weighted by molar-refractivity contribution is 0.0599. The molecule has 0 bridgehead atoms. The van der Waals surface area contributed by atoms with Crippen LogP contribution in [-0.2, 0) is 4.74 Å². The molecule has 1 heterocycles. The molecular formula is C14H11F2NO2. The zero-order valence-corrected chi connectivity index (χ0v) is 10.4. The van der Waals surface area contributed by atoms with E-state index in [2.05, 4.69) is 9.72 Å². The molecule has 0 aliphatic carbocycles. The summed E-state index contributed by atoms with van der Waals surface area (Å²) in [4.78, 5) is 15.0. The van der Waals surface area contributed by atoms with Gasteiger partial charge in [0.1, 0.15) is 11.6 Å². The first-order valence-electron chi connectivity index (χ1n) is 5.53. The van der Waals surface area contributed by atoms with Crippen molar-refractivity contribution < 1.29 is 18.3 Å². The number of carbonyl (C=O) groups is 1. The molecule has 0 saturated heterocycles. The number of benzene rings is 1. The van der Waals surface area contributed by atoms with Gasteiger partial charge in [-0.1, -0.05) is 0 Å². The van der Waals surface area contributed by atoms with Gasteiger partial charge in [0.2, 0.25) is 0 Å². The fraction of sp³-hybridized carbons (Fsp3) is 0.143. The Morgan fingerprint density at radius 1 is 1.21 bits per heavy atom. The highest BCUT2D eigenvalue weighted by atomic mass is 19.1. The molecule has 5 heteroatoms. The van der Waals surface area contributed by atoms with Gasteiger partial charge in [-0.25, -0.2) is 13.6 Å². The van der Waals surface area contributed by atoms with Gasteiger partial charge in [0.15, 0.2) is 0 Å². The van der Waals surface area contributed by atoms with Crippen LogP contribution < -0.4 is 0 Å². The van der Waals surface area contributed by atoms with Gasteiger partial charge in [0, 0.05) is 17.3 Å². The largest absolute Gasteiger partial charge is 0.465 e. The van der Waals surface area contributed by atoms with Crippen molar-refractivity contribution in [1.29, 1.82) is 0 Å². The number of rotatable bonds is 2. The van der Waals surface area contributed by atoms with Crippen LogP contribution in [0, 0.1) is 18.6 Å². The molecule has 1 aromatic heterocycles. The van der Waals surface area contributed by atoms with Gasteiger partial charge < -0.3 is 4.74 Å². The summed E-state index contributed by atoms with van der Waals surface area (Å²) in [7, 11) is 1.22. The first-order chi connectivity index (χ1) is 9.04. The van der Waals surface area contributed by atoms with Gasteiger partial charge in [0.25, 0.3) is 0 Å². The average molecular weight is 263 g/mol. The number of nitrogens with zero attached hydrogens (tertiary/aromatic N) is 1. The van der Waals surface area contributed by atoms with Gasteiger partial charge in [-0.2, -0.15) is 0 Å². The Kier molecular flexibility index (Phi) is 3.55. The summed E-state index contributed by atoms with van der Waals surface area (Å²) in [5.41, 5.74) is 0.828. The summed E-state index contributed by atoms with van der Waals surface area (Å²) >= 11 is 0. The summed E-state index contributed by atoms with van der Waals surface area (Å²) in [5, 5.41) is 0. The van der Waals surface area contributed by atoms with Gasteiger partial charge in [-0.15, -0.1) is 0 Å². The number of halogens is 2. The van der Waals surface area contributed by atoms with E-state index in [0.717, 1.165) is 12.3 Å². The molecule has 0 fully saturated rings. The second kappa shape index (κ2) is 5.14. The van der Waals surface area contributed by atoms with Crippen molar-refractivity contribution in [3.05, 3.63) is 53.4 Å². The van der Waals surface area contributed by atoms with Crippen LogP contribution >= 0.6 is 0 Å². The van der Waals surface area contributed by atoms with Gasteiger partial charge in [0.05, 0.1) is 18.9 Å². The fourth-order valence-corrected chi connectivity index (χ4v) is 1.81. The fourth-order valence-electron chi connectivity index (χ4n) is 1.81. The van der Waals surface area contributed by atoms with Crippen LogP contribution in [0.2, 0.25) is 0 Å². The lowest BCUT2D eigenvalue weighted by Gasteiger charge is -2.09. The standard InChI is InChI=1S/C14H11F2NO2/c1-8-5-11(9-3-4-17-7-13(9)16)12(15)6-10(8)14(18)19-2/h3-7H,1-2H3. The summed E-state index contributed by atoms with van der Waals surface area (Å²) in [6, 6.07) is 3.85. The molecule has 0 spiro atoms. The SMILES string of the molecule is COC(=O)c1cc(F)c(-c2ccncc2F)cc1C. The van der Waals surface area contributed by atoms with Crippen LogP contribution in [0.5, 0.6) is 0 Å². The van der Waals surface area contributed by atoms with Crippen LogP contribution in [0.25, 0.3) is 11.1 Å².